The van der Waals surface area contributed by atoms with Crippen molar-refractivity contribution in [1.82, 2.24) is 4.90 Å². The van der Waals surface area contributed by atoms with Crippen LogP contribution in [0.2, 0.25) is 0 Å². The Bertz CT molecular complexity index is 960. The summed E-state index contributed by atoms with van der Waals surface area (Å²) in [7, 11) is 3.86. The summed E-state index contributed by atoms with van der Waals surface area (Å²) in [6, 6.07) is -0.451. The van der Waals surface area contributed by atoms with E-state index in [1.807, 2.05) is 19.0 Å². The molecule has 0 aromatic heterocycles. The van der Waals surface area contributed by atoms with Crippen molar-refractivity contribution in [1.29, 1.82) is 0 Å². The molecule has 0 aliphatic heterocycles. The molecular formula is C55H105NO4. The van der Waals surface area contributed by atoms with E-state index in [2.05, 4.69) is 52.0 Å². The van der Waals surface area contributed by atoms with E-state index in [0.29, 0.717) is 6.42 Å². The molecule has 0 saturated carbocycles. The van der Waals surface area contributed by atoms with Crippen LogP contribution in [0.15, 0.2) is 24.3 Å². The maximum Gasteiger partial charge on any atom is 0.323 e. The second kappa shape index (κ2) is 46.9. The standard InChI is InChI=1S/C55H105NO4/c1-7-11-15-19-23-25-27-29-31-35-39-42-46-51(45-41-37-33-21-17-13-9-3)59-54(57)50-49-53(56(5)6)55(58)60-52(47-43-38-34-22-18-14-10-4)48-44-40-36-32-30-28-26-24-20-16-12-8-2/h33-34,37-38,51-53H,7-32,35-36,39-50H2,1-6H3/b37-33-,38-34-. The Balaban J connectivity index is 5.03. The van der Waals surface area contributed by atoms with Crippen LogP contribution in [-0.4, -0.2) is 49.2 Å². The highest BCUT2D eigenvalue weighted by Crippen LogP contribution is 2.21. The predicted molar refractivity (Wildman–Crippen MR) is 263 cm³/mol. The molecule has 0 aromatic rings. The molecule has 0 spiro atoms. The summed E-state index contributed by atoms with van der Waals surface area (Å²) in [5.74, 6) is -0.364. The average molecular weight is 844 g/mol. The number of nitrogens with zero attached hydrogens (tertiary/aromatic N) is 1. The Morgan fingerprint density at radius 1 is 0.383 bits per heavy atom. The van der Waals surface area contributed by atoms with Gasteiger partial charge in [0.1, 0.15) is 18.2 Å². The van der Waals surface area contributed by atoms with Gasteiger partial charge in [0.15, 0.2) is 0 Å². The average Bonchev–Trinajstić information content (AvgIpc) is 3.23. The lowest BCUT2D eigenvalue weighted by Crippen LogP contribution is -2.39. The van der Waals surface area contributed by atoms with Gasteiger partial charge in [0.2, 0.25) is 0 Å². The number of rotatable bonds is 47. The van der Waals surface area contributed by atoms with E-state index < -0.39 is 6.04 Å². The number of likely N-dealkylation sites (N-methyl/N-ethyl adjacent to an activating group) is 1. The van der Waals surface area contributed by atoms with Gasteiger partial charge < -0.3 is 9.47 Å². The van der Waals surface area contributed by atoms with Crippen molar-refractivity contribution in [2.45, 2.75) is 303 Å². The molecule has 5 nitrogen and oxygen atoms in total. The third-order valence-electron chi connectivity index (χ3n) is 12.5. The monoisotopic (exact) mass is 844 g/mol. The highest BCUT2D eigenvalue weighted by molar-refractivity contribution is 5.77. The van der Waals surface area contributed by atoms with Gasteiger partial charge in [0.25, 0.3) is 0 Å². The van der Waals surface area contributed by atoms with E-state index in [4.69, 9.17) is 9.47 Å². The Hall–Kier alpha value is -1.62. The minimum absolute atomic E-state index is 0.0550. The van der Waals surface area contributed by atoms with Crippen LogP contribution in [-0.2, 0) is 19.1 Å². The number of allylic oxidation sites excluding steroid dienone is 4. The molecule has 0 bridgehead atoms. The second-order valence-corrected chi connectivity index (χ2v) is 18.6. The number of esters is 2. The quantitative estimate of drug-likeness (QED) is 0.0347. The normalized spacial score (nSPS) is 13.4. The van der Waals surface area contributed by atoms with E-state index in [1.54, 1.807) is 0 Å². The molecule has 0 N–H and O–H groups in total. The van der Waals surface area contributed by atoms with Gasteiger partial charge >= 0.3 is 11.9 Å². The maximum atomic E-state index is 13.7. The highest BCUT2D eigenvalue weighted by Gasteiger charge is 2.27. The van der Waals surface area contributed by atoms with Crippen LogP contribution in [0.4, 0.5) is 0 Å². The van der Waals surface area contributed by atoms with E-state index in [9.17, 15) is 9.59 Å². The number of hydrogen-bond donors (Lipinski definition) is 0. The fraction of sp³-hybridized carbons (Fsp3) is 0.891. The second-order valence-electron chi connectivity index (χ2n) is 18.6. The van der Waals surface area contributed by atoms with Gasteiger partial charge in [0, 0.05) is 6.42 Å². The molecule has 0 aromatic carbocycles. The molecule has 0 saturated heterocycles. The summed E-state index contributed by atoms with van der Waals surface area (Å²) in [6.07, 6.45) is 56.8. The minimum Gasteiger partial charge on any atom is -0.462 e. The lowest BCUT2D eigenvalue weighted by Gasteiger charge is -2.26. The smallest absolute Gasteiger partial charge is 0.323 e. The van der Waals surface area contributed by atoms with Gasteiger partial charge in [0.05, 0.1) is 0 Å². The van der Waals surface area contributed by atoms with E-state index in [1.165, 1.54) is 180 Å². The number of carbonyl (C=O) groups is 2. The number of hydrogen-bond acceptors (Lipinski definition) is 5. The largest absolute Gasteiger partial charge is 0.462 e. The van der Waals surface area contributed by atoms with Crippen LogP contribution in [0.1, 0.15) is 285 Å². The molecule has 0 fully saturated rings. The molecule has 0 rings (SSSR count). The topological polar surface area (TPSA) is 55.8 Å². The van der Waals surface area contributed by atoms with Crippen molar-refractivity contribution in [3.63, 3.8) is 0 Å². The Morgan fingerprint density at radius 2 is 0.700 bits per heavy atom. The van der Waals surface area contributed by atoms with E-state index in [0.717, 1.165) is 64.2 Å². The summed E-state index contributed by atoms with van der Waals surface area (Å²) in [5, 5.41) is 0. The Kier molecular flexibility index (Phi) is 45.6. The molecule has 0 heterocycles. The Labute approximate surface area is 375 Å². The van der Waals surface area contributed by atoms with Crippen LogP contribution in [0, 0.1) is 0 Å². The zero-order valence-electron chi connectivity index (χ0n) is 41.4. The van der Waals surface area contributed by atoms with Crippen LogP contribution >= 0.6 is 0 Å². The Morgan fingerprint density at radius 3 is 1.07 bits per heavy atom. The lowest BCUT2D eigenvalue weighted by molar-refractivity contribution is -0.156. The van der Waals surface area contributed by atoms with E-state index in [-0.39, 0.29) is 30.6 Å². The third kappa shape index (κ3) is 40.5. The summed E-state index contributed by atoms with van der Waals surface area (Å²) in [5.41, 5.74) is 0. The van der Waals surface area contributed by atoms with Crippen molar-refractivity contribution in [3.8, 4) is 0 Å². The van der Waals surface area contributed by atoms with Crippen LogP contribution < -0.4 is 0 Å². The predicted octanol–water partition coefficient (Wildman–Crippen LogP) is 17.5. The van der Waals surface area contributed by atoms with Crippen molar-refractivity contribution < 1.29 is 19.1 Å². The first kappa shape index (κ1) is 58.4. The molecule has 3 unspecified atom stereocenters. The molecule has 3 atom stereocenters. The summed E-state index contributed by atoms with van der Waals surface area (Å²) in [4.78, 5) is 29.0. The molecular weight excluding hydrogens is 739 g/mol. The van der Waals surface area contributed by atoms with Gasteiger partial charge in [-0.1, -0.05) is 219 Å². The zero-order valence-corrected chi connectivity index (χ0v) is 41.4. The lowest BCUT2D eigenvalue weighted by atomic mass is 10.0. The molecule has 5 heteroatoms. The number of ether oxygens (including phenoxy) is 2. The molecule has 354 valence electrons. The van der Waals surface area contributed by atoms with Gasteiger partial charge in [-0.2, -0.15) is 0 Å². The van der Waals surface area contributed by atoms with Gasteiger partial charge in [-0.3, -0.25) is 14.5 Å². The minimum atomic E-state index is -0.451. The first-order chi connectivity index (χ1) is 29.4. The summed E-state index contributed by atoms with van der Waals surface area (Å²) < 4.78 is 12.4. The van der Waals surface area contributed by atoms with Gasteiger partial charge in [-0.15, -0.1) is 0 Å². The first-order valence-corrected chi connectivity index (χ1v) is 26.8. The fourth-order valence-corrected chi connectivity index (χ4v) is 8.34. The van der Waals surface area contributed by atoms with Crippen molar-refractivity contribution in [2.75, 3.05) is 14.1 Å². The van der Waals surface area contributed by atoms with Gasteiger partial charge in [-0.25, -0.2) is 0 Å². The van der Waals surface area contributed by atoms with Crippen LogP contribution in [0.3, 0.4) is 0 Å². The SMILES string of the molecule is CCCCC/C=C\CCC(CCCCCCCCCCCCCC)OC(=O)CCC(C(=O)OC(CC/C=C\CCCCC)CCCCCCCCCCCCCC)N(C)C. The molecule has 60 heavy (non-hydrogen) atoms. The number of unbranched alkanes of at least 4 members (excludes halogenated alkanes) is 28. The van der Waals surface area contributed by atoms with Crippen molar-refractivity contribution in [2.24, 2.45) is 0 Å². The fourth-order valence-electron chi connectivity index (χ4n) is 8.34. The summed E-state index contributed by atoms with van der Waals surface area (Å²) in [6.45, 7) is 9.06. The molecule has 0 amide bonds. The zero-order chi connectivity index (χ0) is 44.0. The maximum absolute atomic E-state index is 13.7. The first-order valence-electron chi connectivity index (χ1n) is 26.8. The van der Waals surface area contributed by atoms with Crippen LogP contribution in [0.25, 0.3) is 0 Å². The van der Waals surface area contributed by atoms with Crippen LogP contribution in [0.5, 0.6) is 0 Å². The highest BCUT2D eigenvalue weighted by atomic mass is 16.5. The van der Waals surface area contributed by atoms with Crippen molar-refractivity contribution in [3.05, 3.63) is 24.3 Å². The van der Waals surface area contributed by atoms with Crippen molar-refractivity contribution >= 4 is 11.9 Å². The summed E-state index contributed by atoms with van der Waals surface area (Å²) >= 11 is 0. The van der Waals surface area contributed by atoms with E-state index >= 15 is 0 Å². The number of carbonyl (C=O) groups excluding carboxylic acids is 2. The molecule has 0 radical (unpaired) electrons. The third-order valence-corrected chi connectivity index (χ3v) is 12.5. The van der Waals surface area contributed by atoms with Gasteiger partial charge in [-0.05, 0) is 97.6 Å². The molecule has 0 aliphatic carbocycles. The molecule has 0 aliphatic rings.